The molecule has 0 atom stereocenters. The average Bonchev–Trinajstić information content (AvgIpc) is 2.61. The number of hydrogen-bond donors (Lipinski definition) is 2. The molecule has 2 aromatic carbocycles. The molecule has 2 nitrogen and oxygen atoms in total. The number of benzene rings is 2. The third kappa shape index (κ3) is 2.07. The Kier molecular flexibility index (Phi) is 3.48. The second kappa shape index (κ2) is 4.80. The minimum absolute atomic E-state index is 0.582. The van der Waals surface area contributed by atoms with Crippen LogP contribution >= 0.6 is 0 Å². The first-order valence-corrected chi connectivity index (χ1v) is 6.67. The zero-order valence-corrected chi connectivity index (χ0v) is 11.9. The summed E-state index contributed by atoms with van der Waals surface area (Å²) < 4.78 is 0. The van der Waals surface area contributed by atoms with Gasteiger partial charge in [0.1, 0.15) is 0 Å². The Balaban J connectivity index is 0.000000637. The highest BCUT2D eigenvalue weighted by atomic mass is 16.5. The molecule has 0 saturated carbocycles. The number of aryl methyl sites for hydroxylation is 2. The third-order valence-electron chi connectivity index (χ3n) is 3.39. The molecule has 3 rings (SSSR count). The van der Waals surface area contributed by atoms with Crippen LogP contribution in [0, 0.1) is 13.8 Å². The van der Waals surface area contributed by atoms with Crippen LogP contribution in [0.25, 0.3) is 11.1 Å². The summed E-state index contributed by atoms with van der Waals surface area (Å²) in [6, 6.07) is 11.6. The molecule has 19 heavy (non-hydrogen) atoms. The molecular formula is C17H20O2. The SMILES string of the molecule is CC.Cc1ccc2c(c1)C(O)(O)c1cc(C)ccc1-2. The smallest absolute Gasteiger partial charge is 0.218 e. The second-order valence-electron chi connectivity index (χ2n) is 4.77. The summed E-state index contributed by atoms with van der Waals surface area (Å²) in [6.07, 6.45) is 0. The highest BCUT2D eigenvalue weighted by Gasteiger charge is 2.39. The fourth-order valence-corrected chi connectivity index (χ4v) is 2.51. The van der Waals surface area contributed by atoms with E-state index in [1.807, 2.05) is 64.1 Å². The summed E-state index contributed by atoms with van der Waals surface area (Å²) in [7, 11) is 0. The Labute approximate surface area is 114 Å². The maximum Gasteiger partial charge on any atom is 0.218 e. The second-order valence-corrected chi connectivity index (χ2v) is 4.77. The van der Waals surface area contributed by atoms with Gasteiger partial charge in [-0.25, -0.2) is 0 Å². The van der Waals surface area contributed by atoms with Gasteiger partial charge in [0.2, 0.25) is 5.79 Å². The van der Waals surface area contributed by atoms with Crippen LogP contribution in [0.4, 0.5) is 0 Å². The van der Waals surface area contributed by atoms with Crippen molar-refractivity contribution in [2.75, 3.05) is 0 Å². The minimum Gasteiger partial charge on any atom is -0.358 e. The first kappa shape index (κ1) is 13.8. The number of rotatable bonds is 0. The largest absolute Gasteiger partial charge is 0.358 e. The van der Waals surface area contributed by atoms with Gasteiger partial charge in [0.25, 0.3) is 0 Å². The van der Waals surface area contributed by atoms with Gasteiger partial charge in [-0.2, -0.15) is 0 Å². The number of aliphatic hydroxyl groups is 2. The van der Waals surface area contributed by atoms with Crippen molar-refractivity contribution >= 4 is 0 Å². The maximum atomic E-state index is 10.3. The lowest BCUT2D eigenvalue weighted by Crippen LogP contribution is -2.23. The molecule has 0 radical (unpaired) electrons. The highest BCUT2D eigenvalue weighted by Crippen LogP contribution is 2.46. The van der Waals surface area contributed by atoms with Gasteiger partial charge in [-0.05, 0) is 37.1 Å². The summed E-state index contributed by atoms with van der Waals surface area (Å²) in [5, 5.41) is 20.6. The minimum atomic E-state index is -1.86. The molecule has 0 fully saturated rings. The summed E-state index contributed by atoms with van der Waals surface area (Å²) in [5.74, 6) is -1.86. The molecule has 0 amide bonds. The predicted molar refractivity (Wildman–Crippen MR) is 77.9 cm³/mol. The Morgan fingerprint density at radius 2 is 1.11 bits per heavy atom. The first-order valence-electron chi connectivity index (χ1n) is 6.67. The fourth-order valence-electron chi connectivity index (χ4n) is 2.51. The van der Waals surface area contributed by atoms with Gasteiger partial charge in [0.05, 0.1) is 0 Å². The average molecular weight is 256 g/mol. The monoisotopic (exact) mass is 256 g/mol. The van der Waals surface area contributed by atoms with E-state index in [1.54, 1.807) is 0 Å². The third-order valence-corrected chi connectivity index (χ3v) is 3.39. The fraction of sp³-hybridized carbons (Fsp3) is 0.294. The highest BCUT2D eigenvalue weighted by molar-refractivity contribution is 5.79. The Morgan fingerprint density at radius 3 is 1.47 bits per heavy atom. The van der Waals surface area contributed by atoms with Crippen molar-refractivity contribution in [1.82, 2.24) is 0 Å². The van der Waals surface area contributed by atoms with Crippen molar-refractivity contribution in [3.8, 4) is 11.1 Å². The van der Waals surface area contributed by atoms with Crippen molar-refractivity contribution in [2.45, 2.75) is 33.5 Å². The topological polar surface area (TPSA) is 40.5 Å². The molecule has 0 bridgehead atoms. The molecule has 100 valence electrons. The summed E-state index contributed by atoms with van der Waals surface area (Å²) >= 11 is 0. The van der Waals surface area contributed by atoms with Crippen LogP contribution in [0.15, 0.2) is 36.4 Å². The molecule has 0 aliphatic heterocycles. The normalized spacial score (nSPS) is 14.2. The molecule has 2 heteroatoms. The van der Waals surface area contributed by atoms with Crippen LogP contribution in [0.3, 0.4) is 0 Å². The molecular weight excluding hydrogens is 236 g/mol. The molecule has 1 aliphatic carbocycles. The molecule has 1 aliphatic rings. The van der Waals surface area contributed by atoms with Gasteiger partial charge < -0.3 is 10.2 Å². The van der Waals surface area contributed by atoms with Crippen LogP contribution in [0.5, 0.6) is 0 Å². The molecule has 2 N–H and O–H groups in total. The Morgan fingerprint density at radius 1 is 0.737 bits per heavy atom. The quantitative estimate of drug-likeness (QED) is 0.708. The van der Waals surface area contributed by atoms with E-state index >= 15 is 0 Å². The Bertz CT molecular complexity index is 559. The molecule has 0 heterocycles. The van der Waals surface area contributed by atoms with Gasteiger partial charge in [-0.3, -0.25) is 0 Å². The summed E-state index contributed by atoms with van der Waals surface area (Å²) in [6.45, 7) is 7.90. The summed E-state index contributed by atoms with van der Waals surface area (Å²) in [4.78, 5) is 0. The van der Waals surface area contributed by atoms with E-state index in [0.29, 0.717) is 11.1 Å². The summed E-state index contributed by atoms with van der Waals surface area (Å²) in [5.41, 5.74) is 5.05. The van der Waals surface area contributed by atoms with Crippen molar-refractivity contribution in [2.24, 2.45) is 0 Å². The van der Waals surface area contributed by atoms with Gasteiger partial charge in [-0.1, -0.05) is 49.2 Å². The molecule has 0 unspecified atom stereocenters. The van der Waals surface area contributed by atoms with E-state index in [2.05, 4.69) is 0 Å². The van der Waals surface area contributed by atoms with Gasteiger partial charge in [0, 0.05) is 11.1 Å². The van der Waals surface area contributed by atoms with Gasteiger partial charge >= 0.3 is 0 Å². The zero-order valence-electron chi connectivity index (χ0n) is 11.9. The van der Waals surface area contributed by atoms with E-state index in [-0.39, 0.29) is 0 Å². The maximum absolute atomic E-state index is 10.3. The van der Waals surface area contributed by atoms with E-state index in [4.69, 9.17) is 0 Å². The number of hydrogen-bond acceptors (Lipinski definition) is 2. The molecule has 0 spiro atoms. The predicted octanol–water partition coefficient (Wildman–Crippen LogP) is 3.50. The van der Waals surface area contributed by atoms with Crippen molar-refractivity contribution in [3.63, 3.8) is 0 Å². The van der Waals surface area contributed by atoms with Crippen LogP contribution in [0.1, 0.15) is 36.1 Å². The van der Waals surface area contributed by atoms with E-state index in [0.717, 1.165) is 22.3 Å². The van der Waals surface area contributed by atoms with Crippen LogP contribution < -0.4 is 0 Å². The molecule has 0 saturated heterocycles. The Hall–Kier alpha value is -1.64. The standard InChI is InChI=1S/C15H14O2.C2H6/c1-9-3-5-11-12-6-4-10(2)8-14(12)15(16,17)13(11)7-9;1-2/h3-8,16-17H,1-2H3;1-2H3. The van der Waals surface area contributed by atoms with E-state index in [9.17, 15) is 10.2 Å². The molecule has 2 aromatic rings. The van der Waals surface area contributed by atoms with Crippen LogP contribution in [-0.2, 0) is 5.79 Å². The lowest BCUT2D eigenvalue weighted by molar-refractivity contribution is -0.128. The van der Waals surface area contributed by atoms with Crippen LogP contribution in [-0.4, -0.2) is 10.2 Å². The number of fused-ring (bicyclic) bond motifs is 3. The van der Waals surface area contributed by atoms with E-state index in [1.165, 1.54) is 0 Å². The molecule has 0 aromatic heterocycles. The van der Waals surface area contributed by atoms with Crippen molar-refractivity contribution in [1.29, 1.82) is 0 Å². The van der Waals surface area contributed by atoms with E-state index < -0.39 is 5.79 Å². The van der Waals surface area contributed by atoms with Crippen molar-refractivity contribution < 1.29 is 10.2 Å². The lowest BCUT2D eigenvalue weighted by Gasteiger charge is -2.18. The lowest BCUT2D eigenvalue weighted by atomic mass is 10.0. The first-order chi connectivity index (χ1) is 9.00. The van der Waals surface area contributed by atoms with Crippen molar-refractivity contribution in [3.05, 3.63) is 58.7 Å². The zero-order chi connectivity index (χ0) is 14.2. The van der Waals surface area contributed by atoms with Gasteiger partial charge in [0.15, 0.2) is 0 Å². The van der Waals surface area contributed by atoms with Crippen LogP contribution in [0.2, 0.25) is 0 Å². The van der Waals surface area contributed by atoms with Gasteiger partial charge in [-0.15, -0.1) is 0 Å².